The lowest BCUT2D eigenvalue weighted by atomic mass is 10.2. The molecule has 0 radical (unpaired) electrons. The van der Waals surface area contributed by atoms with Gasteiger partial charge in [0.15, 0.2) is 0 Å². The van der Waals surface area contributed by atoms with Gasteiger partial charge in [-0.1, -0.05) is 24.4 Å². The molecule has 0 unspecified atom stereocenters. The summed E-state index contributed by atoms with van der Waals surface area (Å²) in [6.07, 6.45) is 4.74. The number of rotatable bonds is 5. The van der Waals surface area contributed by atoms with Gasteiger partial charge in [-0.25, -0.2) is 17.5 Å². The molecule has 0 atom stereocenters. The fourth-order valence-electron chi connectivity index (χ4n) is 3.22. The summed E-state index contributed by atoms with van der Waals surface area (Å²) in [7, 11) is -2.37. The van der Waals surface area contributed by atoms with E-state index in [1.807, 2.05) is 0 Å². The second-order valence-electron chi connectivity index (χ2n) is 6.63. The second-order valence-corrected chi connectivity index (χ2v) is 8.69. The first-order valence-electron chi connectivity index (χ1n) is 8.61. The Morgan fingerprint density at radius 3 is 2.68 bits per heavy atom. The molecule has 148 valence electrons. The van der Waals surface area contributed by atoms with Gasteiger partial charge in [-0.3, -0.25) is 4.79 Å². The van der Waals surface area contributed by atoms with E-state index in [1.54, 1.807) is 6.07 Å². The van der Waals surface area contributed by atoms with E-state index in [2.05, 4.69) is 10.0 Å². The SMILES string of the molecule is Cn1cc(S(=O)(=O)NC2CCCC2)c(Cl)c1C(=O)Nc1ccc(F)c(C#N)c1. The van der Waals surface area contributed by atoms with Gasteiger partial charge in [-0.05, 0) is 31.0 Å². The molecular weight excluding hydrogens is 407 g/mol. The van der Waals surface area contributed by atoms with Crippen LogP contribution in [0.15, 0.2) is 29.3 Å². The van der Waals surface area contributed by atoms with Crippen molar-refractivity contribution in [1.82, 2.24) is 9.29 Å². The molecule has 2 N–H and O–H groups in total. The lowest BCUT2D eigenvalue weighted by Gasteiger charge is -2.11. The third-order valence-electron chi connectivity index (χ3n) is 4.61. The van der Waals surface area contributed by atoms with E-state index in [9.17, 15) is 17.6 Å². The molecule has 1 aromatic carbocycles. The molecule has 0 bridgehead atoms. The number of hydrogen-bond acceptors (Lipinski definition) is 4. The Hall–Kier alpha value is -2.41. The number of anilines is 1. The van der Waals surface area contributed by atoms with E-state index < -0.39 is 21.7 Å². The van der Waals surface area contributed by atoms with E-state index in [-0.39, 0.29) is 32.9 Å². The van der Waals surface area contributed by atoms with Crippen LogP contribution in [0.3, 0.4) is 0 Å². The Morgan fingerprint density at radius 1 is 1.36 bits per heavy atom. The van der Waals surface area contributed by atoms with E-state index in [0.29, 0.717) is 0 Å². The van der Waals surface area contributed by atoms with Crippen LogP contribution in [0.5, 0.6) is 0 Å². The number of carbonyl (C=O) groups is 1. The minimum atomic E-state index is -3.87. The lowest BCUT2D eigenvalue weighted by molar-refractivity contribution is 0.101. The molecule has 3 rings (SSSR count). The molecule has 1 heterocycles. The topological polar surface area (TPSA) is 104 Å². The Bertz CT molecular complexity index is 1070. The first-order chi connectivity index (χ1) is 13.2. The molecule has 1 aliphatic carbocycles. The van der Waals surface area contributed by atoms with Crippen LogP contribution in [0.25, 0.3) is 0 Å². The van der Waals surface area contributed by atoms with Crippen LogP contribution in [0.4, 0.5) is 10.1 Å². The number of aryl methyl sites for hydroxylation is 1. The largest absolute Gasteiger partial charge is 0.344 e. The Balaban J connectivity index is 1.87. The molecule has 2 aromatic rings. The molecule has 1 saturated carbocycles. The van der Waals surface area contributed by atoms with Crippen LogP contribution in [-0.4, -0.2) is 24.9 Å². The monoisotopic (exact) mass is 424 g/mol. The number of nitrogens with zero attached hydrogens (tertiary/aromatic N) is 2. The molecule has 1 amide bonds. The summed E-state index contributed by atoms with van der Waals surface area (Å²) < 4.78 is 42.7. The summed E-state index contributed by atoms with van der Waals surface area (Å²) in [5, 5.41) is 11.2. The normalized spacial score (nSPS) is 14.8. The number of carbonyl (C=O) groups excluding carboxylic acids is 1. The molecule has 10 heteroatoms. The van der Waals surface area contributed by atoms with Gasteiger partial charge in [0.05, 0.1) is 10.6 Å². The summed E-state index contributed by atoms with van der Waals surface area (Å²) in [5.74, 6) is -1.38. The maximum absolute atomic E-state index is 13.4. The maximum atomic E-state index is 13.4. The van der Waals surface area contributed by atoms with Gasteiger partial charge >= 0.3 is 0 Å². The maximum Gasteiger partial charge on any atom is 0.273 e. The van der Waals surface area contributed by atoms with Crippen molar-refractivity contribution in [3.05, 3.63) is 46.5 Å². The molecule has 0 spiro atoms. The van der Waals surface area contributed by atoms with Crippen LogP contribution in [0.2, 0.25) is 5.02 Å². The van der Waals surface area contributed by atoms with Crippen molar-refractivity contribution in [3.8, 4) is 6.07 Å². The summed E-state index contributed by atoms with van der Waals surface area (Å²) in [6.45, 7) is 0. The average molecular weight is 425 g/mol. The number of benzene rings is 1. The Kier molecular flexibility index (Phi) is 5.74. The number of halogens is 2. The molecule has 7 nitrogen and oxygen atoms in total. The van der Waals surface area contributed by atoms with Gasteiger partial charge in [0.2, 0.25) is 10.0 Å². The molecule has 1 fully saturated rings. The predicted octanol–water partition coefficient (Wildman–Crippen LogP) is 3.16. The molecular formula is C18H18ClFN4O3S. The highest BCUT2D eigenvalue weighted by Crippen LogP contribution is 2.29. The summed E-state index contributed by atoms with van der Waals surface area (Å²) >= 11 is 6.23. The zero-order valence-corrected chi connectivity index (χ0v) is 16.6. The molecule has 1 aromatic heterocycles. The highest BCUT2D eigenvalue weighted by atomic mass is 35.5. The minimum Gasteiger partial charge on any atom is -0.344 e. The number of nitriles is 1. The fraction of sp³-hybridized carbons (Fsp3) is 0.333. The average Bonchev–Trinajstić information content (AvgIpc) is 3.23. The van der Waals surface area contributed by atoms with E-state index in [4.69, 9.17) is 16.9 Å². The van der Waals surface area contributed by atoms with Crippen molar-refractivity contribution in [3.63, 3.8) is 0 Å². The van der Waals surface area contributed by atoms with Gasteiger partial charge < -0.3 is 9.88 Å². The zero-order chi connectivity index (χ0) is 20.5. The van der Waals surface area contributed by atoms with Crippen molar-refractivity contribution in [2.24, 2.45) is 7.05 Å². The van der Waals surface area contributed by atoms with Crippen molar-refractivity contribution in [2.45, 2.75) is 36.6 Å². The molecule has 0 aliphatic heterocycles. The predicted molar refractivity (Wildman–Crippen MR) is 102 cm³/mol. The summed E-state index contributed by atoms with van der Waals surface area (Å²) in [5.41, 5.74) is -0.0928. The number of hydrogen-bond donors (Lipinski definition) is 2. The van der Waals surface area contributed by atoms with Gasteiger partial charge in [0, 0.05) is 25.0 Å². The van der Waals surface area contributed by atoms with Crippen LogP contribution < -0.4 is 10.0 Å². The van der Waals surface area contributed by atoms with Crippen LogP contribution in [0.1, 0.15) is 41.7 Å². The van der Waals surface area contributed by atoms with Gasteiger partial charge in [-0.15, -0.1) is 0 Å². The molecule has 28 heavy (non-hydrogen) atoms. The quantitative estimate of drug-likeness (QED) is 0.769. The third-order valence-corrected chi connectivity index (χ3v) is 6.64. The van der Waals surface area contributed by atoms with Gasteiger partial charge in [-0.2, -0.15) is 5.26 Å². The Labute approximate surface area is 167 Å². The molecule has 1 aliphatic rings. The van der Waals surface area contributed by atoms with Crippen LogP contribution >= 0.6 is 11.6 Å². The van der Waals surface area contributed by atoms with Crippen molar-refractivity contribution >= 4 is 33.2 Å². The van der Waals surface area contributed by atoms with Gasteiger partial charge in [0.25, 0.3) is 5.91 Å². The lowest BCUT2D eigenvalue weighted by Crippen LogP contribution is -2.32. The zero-order valence-electron chi connectivity index (χ0n) is 15.0. The number of nitrogens with one attached hydrogen (secondary N) is 2. The number of aromatic nitrogens is 1. The van der Waals surface area contributed by atoms with Crippen molar-refractivity contribution in [2.75, 3.05) is 5.32 Å². The number of sulfonamides is 1. The van der Waals surface area contributed by atoms with Crippen molar-refractivity contribution in [1.29, 1.82) is 5.26 Å². The minimum absolute atomic E-state index is 0.0590. The van der Waals surface area contributed by atoms with Crippen molar-refractivity contribution < 1.29 is 17.6 Å². The van der Waals surface area contributed by atoms with Crippen LogP contribution in [0, 0.1) is 17.1 Å². The first kappa shape index (κ1) is 20.3. The second kappa shape index (κ2) is 7.91. The van der Waals surface area contributed by atoms with Gasteiger partial charge in [0.1, 0.15) is 22.5 Å². The van der Waals surface area contributed by atoms with Crippen LogP contribution in [-0.2, 0) is 17.1 Å². The Morgan fingerprint density at radius 2 is 2.04 bits per heavy atom. The third kappa shape index (κ3) is 4.04. The fourth-order valence-corrected chi connectivity index (χ4v) is 5.23. The first-order valence-corrected chi connectivity index (χ1v) is 10.5. The summed E-state index contributed by atoms with van der Waals surface area (Å²) in [4.78, 5) is 12.4. The molecule has 0 saturated heterocycles. The van der Waals surface area contributed by atoms with E-state index >= 15 is 0 Å². The summed E-state index contributed by atoms with van der Waals surface area (Å²) in [6, 6.07) is 5.09. The highest BCUT2D eigenvalue weighted by molar-refractivity contribution is 7.89. The standard InChI is InChI=1S/C18H18ClFN4O3S/c1-24-10-15(28(26,27)23-12-4-2-3-5-12)16(19)17(24)18(25)22-13-6-7-14(20)11(8-13)9-21/h6-8,10,12,23H,2-5H2,1H3,(H,22,25). The highest BCUT2D eigenvalue weighted by Gasteiger charge is 2.29. The van der Waals surface area contributed by atoms with E-state index in [1.165, 1.54) is 29.9 Å². The number of amides is 1. The smallest absolute Gasteiger partial charge is 0.273 e. The van der Waals surface area contributed by atoms with E-state index in [0.717, 1.165) is 31.7 Å².